The summed E-state index contributed by atoms with van der Waals surface area (Å²) < 4.78 is 38.2. The molecule has 2 atom stereocenters. The maximum Gasteiger partial charge on any atom is 0.471 e. The smallest absolute Gasteiger partial charge is 0.352 e. The van der Waals surface area contributed by atoms with Crippen molar-refractivity contribution in [3.8, 4) is 0 Å². The lowest BCUT2D eigenvalue weighted by Gasteiger charge is -2.30. The van der Waals surface area contributed by atoms with Gasteiger partial charge >= 0.3 is 12.1 Å². The van der Waals surface area contributed by atoms with Crippen molar-refractivity contribution in [1.82, 2.24) is 15.1 Å². The van der Waals surface area contributed by atoms with Gasteiger partial charge in [0.25, 0.3) is 0 Å². The summed E-state index contributed by atoms with van der Waals surface area (Å²) in [6.07, 6.45) is -2.12. The van der Waals surface area contributed by atoms with Crippen LogP contribution in [0.2, 0.25) is 0 Å². The van der Waals surface area contributed by atoms with Crippen molar-refractivity contribution >= 4 is 11.8 Å². The molecule has 3 rings (SSSR count). The van der Waals surface area contributed by atoms with Crippen LogP contribution in [0.25, 0.3) is 0 Å². The zero-order valence-electron chi connectivity index (χ0n) is 15.0. The Kier molecular flexibility index (Phi) is 6.04. The van der Waals surface area contributed by atoms with E-state index in [1.807, 2.05) is 30.3 Å². The molecule has 0 aliphatic carbocycles. The molecule has 8 heteroatoms. The molecular formula is C19H24F3N3O2. The molecule has 2 fully saturated rings. The highest BCUT2D eigenvalue weighted by Crippen LogP contribution is 2.27. The largest absolute Gasteiger partial charge is 0.471 e. The number of hydrogen-bond acceptors (Lipinski definition) is 3. The summed E-state index contributed by atoms with van der Waals surface area (Å²) >= 11 is 0. The molecule has 2 saturated heterocycles. The van der Waals surface area contributed by atoms with Gasteiger partial charge in [-0.05, 0) is 44.3 Å². The minimum absolute atomic E-state index is 0.0224. The van der Waals surface area contributed by atoms with Crippen LogP contribution in [0, 0.1) is 0 Å². The Balaban J connectivity index is 1.66. The van der Waals surface area contributed by atoms with Gasteiger partial charge in [0.2, 0.25) is 5.91 Å². The van der Waals surface area contributed by atoms with Crippen LogP contribution in [-0.2, 0) is 9.59 Å². The predicted molar refractivity (Wildman–Crippen MR) is 93.8 cm³/mol. The molecule has 0 radical (unpaired) electrons. The van der Waals surface area contributed by atoms with Gasteiger partial charge in [-0.1, -0.05) is 30.3 Å². The predicted octanol–water partition coefficient (Wildman–Crippen LogP) is 2.49. The Morgan fingerprint density at radius 2 is 1.74 bits per heavy atom. The summed E-state index contributed by atoms with van der Waals surface area (Å²) in [6.45, 7) is 2.13. The van der Waals surface area contributed by atoms with Crippen LogP contribution in [0.4, 0.5) is 13.2 Å². The summed E-state index contributed by atoms with van der Waals surface area (Å²) in [4.78, 5) is 27.0. The molecule has 5 nitrogen and oxygen atoms in total. The highest BCUT2D eigenvalue weighted by Gasteiger charge is 2.47. The SMILES string of the molecule is O=C(NCC(c1ccccc1)N1CCCC1)C1CCCN1C(=O)C(F)(F)F. The molecule has 148 valence electrons. The molecule has 0 saturated carbocycles. The van der Waals surface area contributed by atoms with E-state index in [4.69, 9.17) is 0 Å². The maximum absolute atomic E-state index is 12.7. The molecule has 2 heterocycles. The molecule has 2 unspecified atom stereocenters. The van der Waals surface area contributed by atoms with Crippen LogP contribution in [0.15, 0.2) is 30.3 Å². The zero-order valence-corrected chi connectivity index (χ0v) is 15.0. The third kappa shape index (κ3) is 4.61. The molecule has 1 N–H and O–H groups in total. The average Bonchev–Trinajstić information content (AvgIpc) is 3.33. The molecule has 27 heavy (non-hydrogen) atoms. The van der Waals surface area contributed by atoms with E-state index < -0.39 is 24.0 Å². The molecular weight excluding hydrogens is 359 g/mol. The van der Waals surface area contributed by atoms with Crippen LogP contribution in [0.1, 0.15) is 37.3 Å². The number of amides is 2. The van der Waals surface area contributed by atoms with Gasteiger partial charge in [0.15, 0.2) is 0 Å². The first-order valence-electron chi connectivity index (χ1n) is 9.32. The fraction of sp³-hybridized carbons (Fsp3) is 0.579. The van der Waals surface area contributed by atoms with Gasteiger partial charge in [0.1, 0.15) is 6.04 Å². The first-order valence-corrected chi connectivity index (χ1v) is 9.32. The van der Waals surface area contributed by atoms with E-state index in [0.29, 0.717) is 17.9 Å². The first-order chi connectivity index (χ1) is 12.9. The summed E-state index contributed by atoms with van der Waals surface area (Å²) in [5.74, 6) is -2.44. The van der Waals surface area contributed by atoms with E-state index in [1.54, 1.807) is 0 Å². The van der Waals surface area contributed by atoms with E-state index in [-0.39, 0.29) is 19.0 Å². The highest BCUT2D eigenvalue weighted by molar-refractivity contribution is 5.90. The van der Waals surface area contributed by atoms with Crippen LogP contribution in [0.3, 0.4) is 0 Å². The van der Waals surface area contributed by atoms with E-state index in [9.17, 15) is 22.8 Å². The number of alkyl halides is 3. The second kappa shape index (κ2) is 8.29. The minimum Gasteiger partial charge on any atom is -0.352 e. The molecule has 0 spiro atoms. The Hall–Kier alpha value is -2.09. The summed E-state index contributed by atoms with van der Waals surface area (Å²) in [5, 5.41) is 2.79. The van der Waals surface area contributed by atoms with E-state index in [2.05, 4.69) is 10.2 Å². The second-order valence-electron chi connectivity index (χ2n) is 7.07. The van der Waals surface area contributed by atoms with Gasteiger partial charge in [0, 0.05) is 13.1 Å². The van der Waals surface area contributed by atoms with Crippen molar-refractivity contribution in [2.45, 2.75) is 43.9 Å². The molecule has 1 aromatic rings. The van der Waals surface area contributed by atoms with Gasteiger partial charge in [-0.25, -0.2) is 0 Å². The number of benzene rings is 1. The third-order valence-electron chi connectivity index (χ3n) is 5.29. The van der Waals surface area contributed by atoms with Gasteiger partial charge in [0.05, 0.1) is 6.04 Å². The van der Waals surface area contributed by atoms with E-state index >= 15 is 0 Å². The number of halogens is 3. The van der Waals surface area contributed by atoms with Gasteiger partial charge in [-0.15, -0.1) is 0 Å². The van der Waals surface area contributed by atoms with Crippen molar-refractivity contribution in [1.29, 1.82) is 0 Å². The van der Waals surface area contributed by atoms with Crippen molar-refractivity contribution in [3.63, 3.8) is 0 Å². The summed E-state index contributed by atoms with van der Waals surface area (Å²) in [5.41, 5.74) is 1.06. The number of likely N-dealkylation sites (tertiary alicyclic amines) is 2. The molecule has 0 bridgehead atoms. The van der Waals surface area contributed by atoms with Crippen LogP contribution >= 0.6 is 0 Å². The van der Waals surface area contributed by atoms with Crippen molar-refractivity contribution in [2.75, 3.05) is 26.2 Å². The van der Waals surface area contributed by atoms with E-state index in [1.165, 1.54) is 0 Å². The molecule has 2 aliphatic heterocycles. The Morgan fingerprint density at radius 1 is 1.07 bits per heavy atom. The molecule has 0 aromatic heterocycles. The fourth-order valence-corrected chi connectivity index (χ4v) is 3.95. The topological polar surface area (TPSA) is 52.7 Å². The quantitative estimate of drug-likeness (QED) is 0.850. The zero-order chi connectivity index (χ0) is 19.4. The standard InChI is InChI=1S/C19H24F3N3O2/c20-19(21,22)18(27)25-12-6-9-15(25)17(26)23-13-16(24-10-4-5-11-24)14-7-2-1-3-8-14/h1-3,7-8,15-16H,4-6,9-13H2,(H,23,26). The number of carbonyl (C=O) groups excluding carboxylic acids is 2. The lowest BCUT2D eigenvalue weighted by molar-refractivity contribution is -0.186. The summed E-state index contributed by atoms with van der Waals surface area (Å²) in [6, 6.07) is 8.69. The van der Waals surface area contributed by atoms with Crippen molar-refractivity contribution < 1.29 is 22.8 Å². The van der Waals surface area contributed by atoms with Crippen LogP contribution in [0.5, 0.6) is 0 Å². The minimum atomic E-state index is -4.95. The van der Waals surface area contributed by atoms with Crippen molar-refractivity contribution in [3.05, 3.63) is 35.9 Å². The second-order valence-corrected chi connectivity index (χ2v) is 7.07. The van der Waals surface area contributed by atoms with Gasteiger partial charge < -0.3 is 10.2 Å². The van der Waals surface area contributed by atoms with Gasteiger partial charge in [-0.2, -0.15) is 13.2 Å². The Bertz CT molecular complexity index is 660. The number of hydrogen-bond donors (Lipinski definition) is 1. The molecule has 2 aliphatic rings. The maximum atomic E-state index is 12.7. The molecule has 1 aromatic carbocycles. The Labute approximate surface area is 156 Å². The highest BCUT2D eigenvalue weighted by atomic mass is 19.4. The monoisotopic (exact) mass is 383 g/mol. The van der Waals surface area contributed by atoms with Crippen LogP contribution in [-0.4, -0.2) is 60.0 Å². The summed E-state index contributed by atoms with van der Waals surface area (Å²) in [7, 11) is 0. The average molecular weight is 383 g/mol. The van der Waals surface area contributed by atoms with Crippen molar-refractivity contribution in [2.24, 2.45) is 0 Å². The normalized spacial score (nSPS) is 22.0. The lowest BCUT2D eigenvalue weighted by Crippen LogP contribution is -2.51. The number of nitrogens with zero attached hydrogens (tertiary/aromatic N) is 2. The number of carbonyl (C=O) groups is 2. The number of rotatable bonds is 5. The lowest BCUT2D eigenvalue weighted by atomic mass is 10.1. The third-order valence-corrected chi connectivity index (χ3v) is 5.29. The van der Waals surface area contributed by atoms with Crippen LogP contribution < -0.4 is 5.32 Å². The van der Waals surface area contributed by atoms with E-state index in [0.717, 1.165) is 31.5 Å². The first kappa shape index (κ1) is 19.7. The number of nitrogens with one attached hydrogen (secondary N) is 1. The Morgan fingerprint density at radius 3 is 2.37 bits per heavy atom. The molecule has 2 amide bonds. The fourth-order valence-electron chi connectivity index (χ4n) is 3.95. The van der Waals surface area contributed by atoms with Gasteiger partial charge in [-0.3, -0.25) is 14.5 Å².